The van der Waals surface area contributed by atoms with E-state index < -0.39 is 5.97 Å². The summed E-state index contributed by atoms with van der Waals surface area (Å²) in [5.74, 6) is 0.139. The first-order valence-electron chi connectivity index (χ1n) is 8.14. The van der Waals surface area contributed by atoms with E-state index in [2.05, 4.69) is 5.16 Å². The molecule has 0 saturated carbocycles. The molecule has 0 aliphatic carbocycles. The summed E-state index contributed by atoms with van der Waals surface area (Å²) in [5, 5.41) is 14.9. The number of carboxylic acids is 1. The Kier molecular flexibility index (Phi) is 4.30. The summed E-state index contributed by atoms with van der Waals surface area (Å²) < 4.78 is 11.0. The van der Waals surface area contributed by atoms with Crippen LogP contribution in [0.25, 0.3) is 33.4 Å². The van der Waals surface area contributed by atoms with Crippen molar-refractivity contribution in [2.45, 2.75) is 0 Å². The maximum absolute atomic E-state index is 11.6. The maximum Gasteiger partial charge on any atom is 0.336 e. The summed E-state index contributed by atoms with van der Waals surface area (Å²) in [6, 6.07) is 17.6. The summed E-state index contributed by atoms with van der Waals surface area (Å²) in [4.78, 5) is 11.6. The minimum Gasteiger partial charge on any atom is -0.496 e. The summed E-state index contributed by atoms with van der Waals surface area (Å²) in [6.07, 6.45) is 0. The molecule has 0 saturated heterocycles. The van der Waals surface area contributed by atoms with Crippen molar-refractivity contribution in [2.75, 3.05) is 7.11 Å². The van der Waals surface area contributed by atoms with Crippen LogP contribution in [0.2, 0.25) is 5.02 Å². The van der Waals surface area contributed by atoms with Crippen LogP contribution in [-0.4, -0.2) is 23.3 Å². The smallest absolute Gasteiger partial charge is 0.336 e. The van der Waals surface area contributed by atoms with Crippen LogP contribution in [0.4, 0.5) is 0 Å². The highest BCUT2D eigenvalue weighted by atomic mass is 35.5. The molecule has 0 aliphatic rings. The van der Waals surface area contributed by atoms with Crippen molar-refractivity contribution in [2.24, 2.45) is 0 Å². The number of halogens is 1. The van der Waals surface area contributed by atoms with Crippen LogP contribution in [0.3, 0.4) is 0 Å². The average Bonchev–Trinajstić information content (AvgIpc) is 3.11. The highest BCUT2D eigenvalue weighted by Gasteiger charge is 2.18. The van der Waals surface area contributed by atoms with E-state index in [1.165, 1.54) is 0 Å². The standard InChI is InChI=1S/C21H14ClNO4/c1-26-19-9-7-13(22)11-17(19)20-16-10-12(6-8-18(16)23-27-20)14-4-2-3-5-15(14)21(24)25/h2-11H,1H3,(H,24,25). The van der Waals surface area contributed by atoms with Gasteiger partial charge in [0, 0.05) is 5.02 Å². The lowest BCUT2D eigenvalue weighted by molar-refractivity contribution is 0.0697. The van der Waals surface area contributed by atoms with Crippen molar-refractivity contribution in [1.82, 2.24) is 5.16 Å². The van der Waals surface area contributed by atoms with Gasteiger partial charge in [0.25, 0.3) is 0 Å². The topological polar surface area (TPSA) is 72.6 Å². The zero-order valence-electron chi connectivity index (χ0n) is 14.3. The number of aromatic carboxylic acids is 1. The molecule has 0 fully saturated rings. The Morgan fingerprint density at radius 3 is 2.67 bits per heavy atom. The van der Waals surface area contributed by atoms with Gasteiger partial charge in [0.1, 0.15) is 11.3 Å². The number of aromatic nitrogens is 1. The molecule has 4 rings (SSSR count). The summed E-state index contributed by atoms with van der Waals surface area (Å²) in [5.41, 5.74) is 2.94. The molecule has 0 bridgehead atoms. The first-order chi connectivity index (χ1) is 13.1. The van der Waals surface area contributed by atoms with Crippen molar-refractivity contribution in [3.05, 3.63) is 71.2 Å². The molecule has 3 aromatic carbocycles. The first kappa shape index (κ1) is 17.1. The number of hydrogen-bond donors (Lipinski definition) is 1. The van der Waals surface area contributed by atoms with Crippen LogP contribution >= 0.6 is 11.6 Å². The fourth-order valence-corrected chi connectivity index (χ4v) is 3.25. The number of fused-ring (bicyclic) bond motifs is 1. The number of nitrogens with zero attached hydrogens (tertiary/aromatic N) is 1. The Morgan fingerprint density at radius 1 is 1.07 bits per heavy atom. The summed E-state index contributed by atoms with van der Waals surface area (Å²) in [7, 11) is 1.57. The van der Waals surface area contributed by atoms with Gasteiger partial charge in [-0.15, -0.1) is 0 Å². The second-order valence-corrected chi connectivity index (χ2v) is 6.38. The molecule has 1 aromatic heterocycles. The second kappa shape index (κ2) is 6.78. The number of carbonyl (C=O) groups is 1. The SMILES string of the molecule is COc1ccc(Cl)cc1-c1onc2ccc(-c3ccccc3C(=O)O)cc12. The summed E-state index contributed by atoms with van der Waals surface area (Å²) in [6.45, 7) is 0. The molecule has 27 heavy (non-hydrogen) atoms. The van der Waals surface area contributed by atoms with E-state index in [0.29, 0.717) is 33.2 Å². The van der Waals surface area contributed by atoms with E-state index in [4.69, 9.17) is 20.9 Å². The van der Waals surface area contributed by atoms with Gasteiger partial charge >= 0.3 is 5.97 Å². The van der Waals surface area contributed by atoms with Gasteiger partial charge in [-0.3, -0.25) is 0 Å². The number of methoxy groups -OCH3 is 1. The van der Waals surface area contributed by atoms with Crippen LogP contribution in [0.1, 0.15) is 10.4 Å². The van der Waals surface area contributed by atoms with Crippen molar-refractivity contribution < 1.29 is 19.2 Å². The molecule has 1 N–H and O–H groups in total. The third-order valence-electron chi connectivity index (χ3n) is 4.35. The lowest BCUT2D eigenvalue weighted by atomic mass is 9.97. The van der Waals surface area contributed by atoms with Gasteiger partial charge in [-0.1, -0.05) is 41.0 Å². The number of ether oxygens (including phenoxy) is 1. The predicted molar refractivity (Wildman–Crippen MR) is 103 cm³/mol. The van der Waals surface area contributed by atoms with Gasteiger partial charge in [-0.25, -0.2) is 4.79 Å². The molecule has 0 unspecified atom stereocenters. The Labute approximate surface area is 159 Å². The monoisotopic (exact) mass is 379 g/mol. The Hall–Kier alpha value is -3.31. The van der Waals surface area contributed by atoms with E-state index in [1.807, 2.05) is 12.1 Å². The van der Waals surface area contributed by atoms with Gasteiger partial charge < -0.3 is 14.4 Å². The average molecular weight is 380 g/mol. The van der Waals surface area contributed by atoms with Gasteiger partial charge in [-0.05, 0) is 47.5 Å². The fourth-order valence-electron chi connectivity index (χ4n) is 3.08. The van der Waals surface area contributed by atoms with Gasteiger partial charge in [0.05, 0.1) is 23.6 Å². The molecular formula is C21H14ClNO4. The van der Waals surface area contributed by atoms with Crippen molar-refractivity contribution >= 4 is 28.5 Å². The van der Waals surface area contributed by atoms with Crippen LogP contribution in [-0.2, 0) is 0 Å². The van der Waals surface area contributed by atoms with Crippen LogP contribution < -0.4 is 4.74 Å². The summed E-state index contributed by atoms with van der Waals surface area (Å²) >= 11 is 6.14. The minimum atomic E-state index is -0.979. The largest absolute Gasteiger partial charge is 0.496 e. The molecule has 0 atom stereocenters. The van der Waals surface area contributed by atoms with Crippen LogP contribution in [0, 0.1) is 0 Å². The van der Waals surface area contributed by atoms with Crippen molar-refractivity contribution in [1.29, 1.82) is 0 Å². The molecule has 0 amide bonds. The molecule has 6 heteroatoms. The minimum absolute atomic E-state index is 0.232. The molecule has 0 spiro atoms. The van der Waals surface area contributed by atoms with E-state index in [1.54, 1.807) is 55.6 Å². The number of rotatable bonds is 4. The maximum atomic E-state index is 11.6. The third-order valence-corrected chi connectivity index (χ3v) is 4.59. The number of benzene rings is 3. The molecule has 4 aromatic rings. The number of carboxylic acid groups (broad SMARTS) is 1. The Bertz CT molecular complexity index is 1170. The van der Waals surface area contributed by atoms with Gasteiger partial charge in [0.2, 0.25) is 0 Å². The van der Waals surface area contributed by atoms with Gasteiger partial charge in [-0.2, -0.15) is 0 Å². The fraction of sp³-hybridized carbons (Fsp3) is 0.0476. The molecule has 1 heterocycles. The Balaban J connectivity index is 1.94. The first-order valence-corrected chi connectivity index (χ1v) is 8.52. The van der Waals surface area contributed by atoms with Crippen LogP contribution in [0.15, 0.2) is 65.2 Å². The van der Waals surface area contributed by atoms with Crippen LogP contribution in [0.5, 0.6) is 5.75 Å². The lowest BCUT2D eigenvalue weighted by Gasteiger charge is -2.08. The highest BCUT2D eigenvalue weighted by molar-refractivity contribution is 6.31. The second-order valence-electron chi connectivity index (χ2n) is 5.94. The van der Waals surface area contributed by atoms with E-state index >= 15 is 0 Å². The normalized spacial score (nSPS) is 10.9. The van der Waals surface area contributed by atoms with Crippen molar-refractivity contribution in [3.63, 3.8) is 0 Å². The van der Waals surface area contributed by atoms with Gasteiger partial charge in [0.15, 0.2) is 5.76 Å². The van der Waals surface area contributed by atoms with E-state index in [9.17, 15) is 9.90 Å². The van der Waals surface area contributed by atoms with E-state index in [-0.39, 0.29) is 5.56 Å². The quantitative estimate of drug-likeness (QED) is 0.505. The molecule has 0 aliphatic heterocycles. The van der Waals surface area contributed by atoms with E-state index in [0.717, 1.165) is 10.9 Å². The molecular weight excluding hydrogens is 366 g/mol. The Morgan fingerprint density at radius 2 is 1.89 bits per heavy atom. The highest BCUT2D eigenvalue weighted by Crippen LogP contribution is 2.38. The lowest BCUT2D eigenvalue weighted by Crippen LogP contribution is -1.98. The third kappa shape index (κ3) is 3.02. The molecule has 134 valence electrons. The number of hydrogen-bond acceptors (Lipinski definition) is 4. The zero-order chi connectivity index (χ0) is 19.0. The molecule has 0 radical (unpaired) electrons. The predicted octanol–water partition coefficient (Wildman–Crippen LogP) is 5.52. The zero-order valence-corrected chi connectivity index (χ0v) is 15.0. The van der Waals surface area contributed by atoms with Crippen molar-refractivity contribution in [3.8, 4) is 28.2 Å². The molecule has 5 nitrogen and oxygen atoms in total.